The van der Waals surface area contributed by atoms with Gasteiger partial charge in [0.25, 0.3) is 0 Å². The molecule has 0 amide bonds. The van der Waals surface area contributed by atoms with Crippen molar-refractivity contribution < 1.29 is 9.13 Å². The first-order valence-electron chi connectivity index (χ1n) is 5.73. The third kappa shape index (κ3) is 2.70. The molecular weight excluding hydrogens is 203 g/mol. The summed E-state index contributed by atoms with van der Waals surface area (Å²) in [7, 11) is 0. The Morgan fingerprint density at radius 2 is 2.06 bits per heavy atom. The molecule has 86 valence electrons. The van der Waals surface area contributed by atoms with Crippen molar-refractivity contribution in [1.29, 1.82) is 0 Å². The zero-order valence-electron chi connectivity index (χ0n) is 9.47. The Kier molecular flexibility index (Phi) is 3.73. The summed E-state index contributed by atoms with van der Waals surface area (Å²) in [4.78, 5) is 0. The van der Waals surface area contributed by atoms with Gasteiger partial charge in [0, 0.05) is 0 Å². The maximum atomic E-state index is 13.8. The van der Waals surface area contributed by atoms with Gasteiger partial charge in [-0.3, -0.25) is 0 Å². The highest BCUT2D eigenvalue weighted by Gasteiger charge is 2.27. The van der Waals surface area contributed by atoms with E-state index in [0.717, 1.165) is 12.0 Å². The van der Waals surface area contributed by atoms with E-state index in [4.69, 9.17) is 4.74 Å². The molecule has 3 atom stereocenters. The maximum Gasteiger partial charge on any atom is 0.133 e. The topological polar surface area (TPSA) is 9.23 Å². The van der Waals surface area contributed by atoms with Gasteiger partial charge in [0.15, 0.2) is 0 Å². The highest BCUT2D eigenvalue weighted by molar-refractivity contribution is 5.13. The molecule has 0 aliphatic heterocycles. The second-order valence-corrected chi connectivity index (χ2v) is 4.35. The summed E-state index contributed by atoms with van der Waals surface area (Å²) in [5.74, 6) is 0.0609. The van der Waals surface area contributed by atoms with Crippen LogP contribution in [0.5, 0.6) is 0 Å². The molecule has 0 fully saturated rings. The van der Waals surface area contributed by atoms with Crippen LogP contribution in [-0.4, -0.2) is 12.3 Å². The summed E-state index contributed by atoms with van der Waals surface area (Å²) in [5, 5.41) is 0. The molecule has 1 aliphatic rings. The summed E-state index contributed by atoms with van der Waals surface area (Å²) in [6, 6.07) is 9.87. The Morgan fingerprint density at radius 1 is 1.31 bits per heavy atom. The molecule has 1 aromatic carbocycles. The van der Waals surface area contributed by atoms with Gasteiger partial charge in [0.2, 0.25) is 0 Å². The molecule has 16 heavy (non-hydrogen) atoms. The van der Waals surface area contributed by atoms with E-state index in [1.54, 1.807) is 0 Å². The fraction of sp³-hybridized carbons (Fsp3) is 0.429. The lowest BCUT2D eigenvalue weighted by Gasteiger charge is -2.26. The molecule has 0 spiro atoms. The summed E-state index contributed by atoms with van der Waals surface area (Å²) in [5.41, 5.74) is 1.08. The van der Waals surface area contributed by atoms with Crippen molar-refractivity contribution in [2.75, 3.05) is 0 Å². The third-order valence-corrected chi connectivity index (χ3v) is 2.98. The van der Waals surface area contributed by atoms with Crippen LogP contribution in [0.4, 0.5) is 4.39 Å². The standard InChI is InChI=1S/C14H17FO/c1-11-6-5-9-13(14(11)15)16-10-12-7-3-2-4-8-12/h2-5,7-9,11,13-14H,6,10H2,1H3/t11-,13-,14+/m0/s1. The number of halogens is 1. The van der Waals surface area contributed by atoms with Crippen LogP contribution in [0, 0.1) is 5.92 Å². The number of allylic oxidation sites excluding steroid dienone is 1. The number of benzene rings is 1. The van der Waals surface area contributed by atoms with Crippen molar-refractivity contribution in [2.24, 2.45) is 5.92 Å². The number of alkyl halides is 1. The van der Waals surface area contributed by atoms with Crippen molar-refractivity contribution in [3.63, 3.8) is 0 Å². The molecule has 0 saturated carbocycles. The monoisotopic (exact) mass is 220 g/mol. The van der Waals surface area contributed by atoms with Gasteiger partial charge < -0.3 is 4.74 Å². The Labute approximate surface area is 95.9 Å². The van der Waals surface area contributed by atoms with Crippen molar-refractivity contribution in [2.45, 2.75) is 32.2 Å². The summed E-state index contributed by atoms with van der Waals surface area (Å²) < 4.78 is 19.4. The first kappa shape index (κ1) is 11.3. The summed E-state index contributed by atoms with van der Waals surface area (Å²) in [6.45, 7) is 2.40. The van der Waals surface area contributed by atoms with Crippen LogP contribution in [0.15, 0.2) is 42.5 Å². The van der Waals surface area contributed by atoms with Crippen LogP contribution in [0.2, 0.25) is 0 Å². The van der Waals surface area contributed by atoms with Crippen molar-refractivity contribution in [3.05, 3.63) is 48.0 Å². The van der Waals surface area contributed by atoms with E-state index in [9.17, 15) is 4.39 Å². The van der Waals surface area contributed by atoms with E-state index >= 15 is 0 Å². The molecule has 2 heteroatoms. The minimum absolute atomic E-state index is 0.0609. The smallest absolute Gasteiger partial charge is 0.133 e. The van der Waals surface area contributed by atoms with Crippen molar-refractivity contribution in [3.8, 4) is 0 Å². The zero-order chi connectivity index (χ0) is 11.4. The predicted octanol–water partition coefficient (Wildman–Crippen LogP) is 3.51. The molecule has 1 aromatic rings. The lowest BCUT2D eigenvalue weighted by molar-refractivity contribution is -0.00558. The summed E-state index contributed by atoms with van der Waals surface area (Å²) in [6.07, 6.45) is 3.40. The predicted molar refractivity (Wildman–Crippen MR) is 62.8 cm³/mol. The fourth-order valence-corrected chi connectivity index (χ4v) is 1.90. The molecule has 2 rings (SSSR count). The lowest BCUT2D eigenvalue weighted by atomic mass is 9.92. The molecule has 0 radical (unpaired) electrons. The van der Waals surface area contributed by atoms with Crippen molar-refractivity contribution in [1.82, 2.24) is 0 Å². The Balaban J connectivity index is 1.91. The van der Waals surface area contributed by atoms with Gasteiger partial charge in [-0.25, -0.2) is 4.39 Å². The van der Waals surface area contributed by atoms with E-state index in [1.165, 1.54) is 0 Å². The normalized spacial score (nSPS) is 29.2. The molecule has 0 saturated heterocycles. The molecule has 0 heterocycles. The van der Waals surface area contributed by atoms with E-state index in [-0.39, 0.29) is 12.0 Å². The second kappa shape index (κ2) is 5.26. The Morgan fingerprint density at radius 3 is 2.81 bits per heavy atom. The van der Waals surface area contributed by atoms with E-state index < -0.39 is 6.17 Å². The van der Waals surface area contributed by atoms with Crippen LogP contribution in [0.3, 0.4) is 0 Å². The molecule has 0 unspecified atom stereocenters. The SMILES string of the molecule is C[C@H]1CC=C[C@H](OCc2ccccc2)[C@@H]1F. The highest BCUT2D eigenvalue weighted by atomic mass is 19.1. The van der Waals surface area contributed by atoms with Crippen molar-refractivity contribution >= 4 is 0 Å². The van der Waals surface area contributed by atoms with Crippen LogP contribution in [0.1, 0.15) is 18.9 Å². The van der Waals surface area contributed by atoms with Crippen LogP contribution < -0.4 is 0 Å². The number of ether oxygens (including phenoxy) is 1. The van der Waals surface area contributed by atoms with E-state index in [2.05, 4.69) is 0 Å². The largest absolute Gasteiger partial charge is 0.366 e. The Bertz CT molecular complexity index is 347. The van der Waals surface area contributed by atoms with E-state index in [0.29, 0.717) is 6.61 Å². The van der Waals surface area contributed by atoms with Gasteiger partial charge in [-0.1, -0.05) is 49.4 Å². The number of rotatable bonds is 3. The average Bonchev–Trinajstić information content (AvgIpc) is 2.32. The van der Waals surface area contributed by atoms with Gasteiger partial charge in [-0.05, 0) is 17.9 Å². The van der Waals surface area contributed by atoms with Gasteiger partial charge in [0.05, 0.1) is 6.61 Å². The second-order valence-electron chi connectivity index (χ2n) is 4.35. The lowest BCUT2D eigenvalue weighted by Crippen LogP contribution is -2.31. The highest BCUT2D eigenvalue weighted by Crippen LogP contribution is 2.24. The minimum atomic E-state index is -0.881. The number of hydrogen-bond acceptors (Lipinski definition) is 1. The van der Waals surface area contributed by atoms with Crippen LogP contribution >= 0.6 is 0 Å². The van der Waals surface area contributed by atoms with Gasteiger partial charge in [-0.2, -0.15) is 0 Å². The van der Waals surface area contributed by atoms with Gasteiger partial charge >= 0.3 is 0 Å². The first-order chi connectivity index (χ1) is 7.77. The number of hydrogen-bond donors (Lipinski definition) is 0. The van der Waals surface area contributed by atoms with Gasteiger partial charge in [-0.15, -0.1) is 0 Å². The van der Waals surface area contributed by atoms with E-state index in [1.807, 2.05) is 49.4 Å². The molecule has 0 aromatic heterocycles. The third-order valence-electron chi connectivity index (χ3n) is 2.98. The molecule has 1 aliphatic carbocycles. The Hall–Kier alpha value is -1.15. The van der Waals surface area contributed by atoms with Crippen LogP contribution in [-0.2, 0) is 11.3 Å². The molecule has 1 nitrogen and oxygen atoms in total. The summed E-state index contributed by atoms with van der Waals surface area (Å²) >= 11 is 0. The molecule has 0 N–H and O–H groups in total. The minimum Gasteiger partial charge on any atom is -0.366 e. The molecule has 0 bridgehead atoms. The first-order valence-corrected chi connectivity index (χ1v) is 5.73. The van der Waals surface area contributed by atoms with Gasteiger partial charge in [0.1, 0.15) is 12.3 Å². The quantitative estimate of drug-likeness (QED) is 0.708. The zero-order valence-corrected chi connectivity index (χ0v) is 9.47. The fourth-order valence-electron chi connectivity index (χ4n) is 1.90. The maximum absolute atomic E-state index is 13.8. The molecular formula is C14H17FO. The average molecular weight is 220 g/mol. The van der Waals surface area contributed by atoms with Crippen LogP contribution in [0.25, 0.3) is 0 Å².